The lowest BCUT2D eigenvalue weighted by Gasteiger charge is -2.08. The molecule has 0 fully saturated rings. The highest BCUT2D eigenvalue weighted by atomic mass is 16.5. The Balaban J connectivity index is 2.17. The Kier molecular flexibility index (Phi) is 3.84. The number of rotatable bonds is 5. The highest BCUT2D eigenvalue weighted by molar-refractivity contribution is 5.05. The van der Waals surface area contributed by atoms with E-state index in [0.717, 1.165) is 12.8 Å². The van der Waals surface area contributed by atoms with E-state index >= 15 is 0 Å². The quantitative estimate of drug-likeness (QED) is 0.720. The first-order valence-electron chi connectivity index (χ1n) is 4.08. The van der Waals surface area contributed by atoms with Gasteiger partial charge in [0.05, 0.1) is 19.1 Å². The van der Waals surface area contributed by atoms with Crippen molar-refractivity contribution in [3.05, 3.63) is 24.2 Å². The number of nitrogens with two attached hydrogens (primary N) is 1. The summed E-state index contributed by atoms with van der Waals surface area (Å²) in [5.74, 6) is 0. The van der Waals surface area contributed by atoms with Gasteiger partial charge in [-0.2, -0.15) is 0 Å². The molecular weight excluding hydrogens is 154 g/mol. The van der Waals surface area contributed by atoms with Crippen molar-refractivity contribution in [1.82, 2.24) is 0 Å². The van der Waals surface area contributed by atoms with Crippen LogP contribution in [0.25, 0.3) is 0 Å². The second-order valence-electron chi connectivity index (χ2n) is 2.89. The lowest BCUT2D eigenvalue weighted by Crippen LogP contribution is -2.25. The molecule has 1 atom stereocenters. The van der Waals surface area contributed by atoms with Crippen molar-refractivity contribution in [2.24, 2.45) is 5.73 Å². The summed E-state index contributed by atoms with van der Waals surface area (Å²) in [6, 6.07) is 2.09. The largest absolute Gasteiger partial charge is 0.472 e. The normalized spacial score (nSPS) is 13.2. The molecule has 3 nitrogen and oxygen atoms in total. The molecular formula is C9H15NO2. The van der Waals surface area contributed by atoms with Gasteiger partial charge in [-0.05, 0) is 24.5 Å². The van der Waals surface area contributed by atoms with Gasteiger partial charge < -0.3 is 14.9 Å². The molecule has 0 saturated heterocycles. The number of methoxy groups -OCH3 is 1. The van der Waals surface area contributed by atoms with Gasteiger partial charge in [-0.1, -0.05) is 0 Å². The van der Waals surface area contributed by atoms with Crippen LogP contribution in [-0.2, 0) is 11.2 Å². The van der Waals surface area contributed by atoms with Crippen molar-refractivity contribution in [2.75, 3.05) is 13.7 Å². The standard InChI is InChI=1S/C9H15NO2/c1-11-7-9(10)3-2-8-4-5-12-6-8/h4-6,9H,2-3,7,10H2,1H3. The molecule has 1 aromatic heterocycles. The molecule has 0 saturated carbocycles. The monoisotopic (exact) mass is 169 g/mol. The van der Waals surface area contributed by atoms with E-state index < -0.39 is 0 Å². The lowest BCUT2D eigenvalue weighted by atomic mass is 10.1. The van der Waals surface area contributed by atoms with E-state index in [1.54, 1.807) is 19.6 Å². The molecule has 0 bridgehead atoms. The third-order valence-corrected chi connectivity index (χ3v) is 1.76. The fourth-order valence-corrected chi connectivity index (χ4v) is 1.08. The predicted molar refractivity (Wildman–Crippen MR) is 46.9 cm³/mol. The molecule has 1 heterocycles. The molecule has 3 heteroatoms. The summed E-state index contributed by atoms with van der Waals surface area (Å²) >= 11 is 0. The van der Waals surface area contributed by atoms with Crippen molar-refractivity contribution in [3.8, 4) is 0 Å². The maximum atomic E-state index is 5.75. The molecule has 12 heavy (non-hydrogen) atoms. The van der Waals surface area contributed by atoms with Crippen LogP contribution in [0.3, 0.4) is 0 Å². The molecule has 1 rings (SSSR count). The SMILES string of the molecule is COCC(N)CCc1ccoc1. The Bertz CT molecular complexity index is 196. The summed E-state index contributed by atoms with van der Waals surface area (Å²) in [5, 5.41) is 0. The molecule has 0 spiro atoms. The van der Waals surface area contributed by atoms with Crippen LogP contribution >= 0.6 is 0 Å². The topological polar surface area (TPSA) is 48.4 Å². The van der Waals surface area contributed by atoms with Crippen molar-refractivity contribution in [1.29, 1.82) is 0 Å². The highest BCUT2D eigenvalue weighted by Crippen LogP contribution is 2.04. The Hall–Kier alpha value is -0.800. The Morgan fingerprint density at radius 1 is 1.67 bits per heavy atom. The Morgan fingerprint density at radius 3 is 3.08 bits per heavy atom. The van der Waals surface area contributed by atoms with Gasteiger partial charge in [0.25, 0.3) is 0 Å². The van der Waals surface area contributed by atoms with Crippen molar-refractivity contribution >= 4 is 0 Å². The van der Waals surface area contributed by atoms with Crippen LogP contribution in [0.5, 0.6) is 0 Å². The van der Waals surface area contributed by atoms with E-state index in [2.05, 4.69) is 0 Å². The zero-order chi connectivity index (χ0) is 8.81. The Labute approximate surface area is 72.5 Å². The third-order valence-electron chi connectivity index (χ3n) is 1.76. The summed E-state index contributed by atoms with van der Waals surface area (Å²) in [4.78, 5) is 0. The van der Waals surface area contributed by atoms with E-state index in [1.165, 1.54) is 5.56 Å². The summed E-state index contributed by atoms with van der Waals surface area (Å²) in [7, 11) is 1.66. The van der Waals surface area contributed by atoms with E-state index in [9.17, 15) is 0 Å². The van der Waals surface area contributed by atoms with Crippen LogP contribution in [0.2, 0.25) is 0 Å². The zero-order valence-corrected chi connectivity index (χ0v) is 7.32. The first kappa shape index (κ1) is 9.29. The molecule has 68 valence electrons. The van der Waals surface area contributed by atoms with Crippen LogP contribution in [0.4, 0.5) is 0 Å². The fraction of sp³-hybridized carbons (Fsp3) is 0.556. The van der Waals surface area contributed by atoms with Crippen molar-refractivity contribution in [3.63, 3.8) is 0 Å². The Morgan fingerprint density at radius 2 is 2.50 bits per heavy atom. The molecule has 0 aliphatic rings. The van der Waals surface area contributed by atoms with Crippen molar-refractivity contribution < 1.29 is 9.15 Å². The average molecular weight is 169 g/mol. The lowest BCUT2D eigenvalue weighted by molar-refractivity contribution is 0.177. The maximum absolute atomic E-state index is 5.75. The number of hydrogen-bond donors (Lipinski definition) is 1. The smallest absolute Gasteiger partial charge is 0.0934 e. The minimum Gasteiger partial charge on any atom is -0.472 e. The van der Waals surface area contributed by atoms with Gasteiger partial charge in [0.2, 0.25) is 0 Å². The summed E-state index contributed by atoms with van der Waals surface area (Å²) < 4.78 is 9.86. The number of aryl methyl sites for hydroxylation is 1. The second kappa shape index (κ2) is 4.95. The van der Waals surface area contributed by atoms with Gasteiger partial charge in [-0.3, -0.25) is 0 Å². The first-order chi connectivity index (χ1) is 5.83. The van der Waals surface area contributed by atoms with Gasteiger partial charge >= 0.3 is 0 Å². The van der Waals surface area contributed by atoms with Gasteiger partial charge in [0.1, 0.15) is 0 Å². The van der Waals surface area contributed by atoms with Gasteiger partial charge in [0.15, 0.2) is 0 Å². The van der Waals surface area contributed by atoms with E-state index in [1.807, 2.05) is 6.07 Å². The predicted octanol–water partition coefficient (Wildman–Crippen LogP) is 1.19. The van der Waals surface area contributed by atoms with E-state index in [4.69, 9.17) is 14.9 Å². The third kappa shape index (κ3) is 3.07. The first-order valence-corrected chi connectivity index (χ1v) is 4.08. The van der Waals surface area contributed by atoms with Gasteiger partial charge in [0, 0.05) is 13.2 Å². The maximum Gasteiger partial charge on any atom is 0.0934 e. The molecule has 0 radical (unpaired) electrons. The molecule has 0 aromatic carbocycles. The zero-order valence-electron chi connectivity index (χ0n) is 7.32. The minimum absolute atomic E-state index is 0.130. The average Bonchev–Trinajstić information content (AvgIpc) is 2.53. The van der Waals surface area contributed by atoms with Crippen LogP contribution in [0, 0.1) is 0 Å². The van der Waals surface area contributed by atoms with E-state index in [0.29, 0.717) is 6.61 Å². The highest BCUT2D eigenvalue weighted by Gasteiger charge is 2.02. The molecule has 1 unspecified atom stereocenters. The molecule has 0 amide bonds. The van der Waals surface area contributed by atoms with Crippen molar-refractivity contribution in [2.45, 2.75) is 18.9 Å². The van der Waals surface area contributed by atoms with Crippen LogP contribution in [-0.4, -0.2) is 19.8 Å². The number of furan rings is 1. The van der Waals surface area contributed by atoms with Gasteiger partial charge in [-0.15, -0.1) is 0 Å². The van der Waals surface area contributed by atoms with Gasteiger partial charge in [-0.25, -0.2) is 0 Å². The molecule has 0 aliphatic heterocycles. The second-order valence-corrected chi connectivity index (χ2v) is 2.89. The summed E-state index contributed by atoms with van der Waals surface area (Å²) in [6.07, 6.45) is 5.32. The number of hydrogen-bond acceptors (Lipinski definition) is 3. The summed E-state index contributed by atoms with van der Waals surface area (Å²) in [5.41, 5.74) is 6.94. The minimum atomic E-state index is 0.130. The number of ether oxygens (including phenoxy) is 1. The molecule has 2 N–H and O–H groups in total. The molecule has 0 aliphatic carbocycles. The summed E-state index contributed by atoms with van der Waals surface area (Å²) in [6.45, 7) is 0.623. The molecule has 1 aromatic rings. The van der Waals surface area contributed by atoms with E-state index in [-0.39, 0.29) is 6.04 Å². The van der Waals surface area contributed by atoms with Crippen LogP contribution < -0.4 is 5.73 Å². The van der Waals surface area contributed by atoms with Crippen LogP contribution in [0.1, 0.15) is 12.0 Å². The van der Waals surface area contributed by atoms with Crippen LogP contribution in [0.15, 0.2) is 23.0 Å². The fourth-order valence-electron chi connectivity index (χ4n) is 1.08.